The topological polar surface area (TPSA) is 72.2 Å². The average Bonchev–Trinajstić information content (AvgIpc) is 2.36. The van der Waals surface area contributed by atoms with Gasteiger partial charge in [0.25, 0.3) is 0 Å². The Kier molecular flexibility index (Phi) is 6.18. The molecule has 3 N–H and O–H groups in total. The summed E-state index contributed by atoms with van der Waals surface area (Å²) in [7, 11) is -0.892. The van der Waals surface area contributed by atoms with Gasteiger partial charge in [0.05, 0.1) is 6.04 Å². The fourth-order valence-corrected chi connectivity index (χ4v) is 2.36. The van der Waals surface area contributed by atoms with E-state index in [9.17, 15) is 9.00 Å². The van der Waals surface area contributed by atoms with Gasteiger partial charge in [-0.05, 0) is 23.6 Å². The van der Waals surface area contributed by atoms with Crippen LogP contribution in [0.15, 0.2) is 24.3 Å². The third-order valence-corrected chi connectivity index (χ3v) is 3.86. The van der Waals surface area contributed by atoms with Crippen molar-refractivity contribution in [2.45, 2.75) is 32.1 Å². The van der Waals surface area contributed by atoms with Crippen LogP contribution < -0.4 is 11.1 Å². The molecule has 1 amide bonds. The van der Waals surface area contributed by atoms with Crippen LogP contribution in [0.1, 0.15) is 25.8 Å². The fraction of sp³-hybridized carbons (Fsp3) is 0.500. The monoisotopic (exact) mass is 282 g/mol. The molecule has 1 rings (SSSR count). The number of benzene rings is 1. The highest BCUT2D eigenvalue weighted by Crippen LogP contribution is 2.14. The summed E-state index contributed by atoms with van der Waals surface area (Å²) in [5.74, 6) is 0.455. The second-order valence-electron chi connectivity index (χ2n) is 4.82. The predicted octanol–water partition coefficient (Wildman–Crippen LogP) is 1.88. The molecule has 0 radical (unpaired) electrons. The molecule has 0 saturated heterocycles. The highest BCUT2D eigenvalue weighted by Gasteiger charge is 2.19. The SMILES string of the molecule is CCC(C)C(N)C(=O)Nc1cccc(CS(C)=O)c1. The lowest BCUT2D eigenvalue weighted by Crippen LogP contribution is -2.40. The molecule has 0 aliphatic rings. The summed E-state index contributed by atoms with van der Waals surface area (Å²) in [5, 5.41) is 2.81. The smallest absolute Gasteiger partial charge is 0.241 e. The number of hydrogen-bond donors (Lipinski definition) is 2. The number of amides is 1. The van der Waals surface area contributed by atoms with Crippen molar-refractivity contribution >= 4 is 22.4 Å². The van der Waals surface area contributed by atoms with E-state index in [4.69, 9.17) is 5.73 Å². The maximum Gasteiger partial charge on any atom is 0.241 e. The zero-order valence-electron chi connectivity index (χ0n) is 11.7. The summed E-state index contributed by atoms with van der Waals surface area (Å²) in [5.41, 5.74) is 7.52. The molecule has 0 fully saturated rings. The molecule has 0 aliphatic heterocycles. The predicted molar refractivity (Wildman–Crippen MR) is 80.3 cm³/mol. The number of rotatable bonds is 6. The molecule has 0 aliphatic carbocycles. The van der Waals surface area contributed by atoms with Crippen molar-refractivity contribution in [3.05, 3.63) is 29.8 Å². The Bertz CT molecular complexity index is 463. The maximum atomic E-state index is 12.0. The van der Waals surface area contributed by atoms with E-state index in [0.29, 0.717) is 11.4 Å². The first-order valence-electron chi connectivity index (χ1n) is 6.39. The van der Waals surface area contributed by atoms with Crippen molar-refractivity contribution in [3.8, 4) is 0 Å². The minimum atomic E-state index is -0.892. The number of carbonyl (C=O) groups excluding carboxylic acids is 1. The molecule has 3 unspecified atom stereocenters. The van der Waals surface area contributed by atoms with Gasteiger partial charge >= 0.3 is 0 Å². The number of nitrogens with one attached hydrogen (secondary N) is 1. The number of nitrogens with two attached hydrogens (primary N) is 1. The van der Waals surface area contributed by atoms with E-state index in [1.165, 1.54) is 0 Å². The van der Waals surface area contributed by atoms with Gasteiger partial charge in [0, 0.05) is 28.5 Å². The summed E-state index contributed by atoms with van der Waals surface area (Å²) in [6.07, 6.45) is 2.52. The number of anilines is 1. The molecule has 3 atom stereocenters. The molecule has 19 heavy (non-hydrogen) atoms. The van der Waals surface area contributed by atoms with Crippen molar-refractivity contribution in [2.24, 2.45) is 11.7 Å². The van der Waals surface area contributed by atoms with E-state index in [2.05, 4.69) is 5.32 Å². The Morgan fingerprint density at radius 1 is 1.47 bits per heavy atom. The van der Waals surface area contributed by atoms with Crippen molar-refractivity contribution in [1.82, 2.24) is 0 Å². The van der Waals surface area contributed by atoms with Gasteiger partial charge in [-0.2, -0.15) is 0 Å². The van der Waals surface area contributed by atoms with Crippen LogP contribution in [-0.4, -0.2) is 22.4 Å². The number of carbonyl (C=O) groups is 1. The Hall–Kier alpha value is -1.20. The Morgan fingerprint density at radius 3 is 2.74 bits per heavy atom. The summed E-state index contributed by atoms with van der Waals surface area (Å²) < 4.78 is 11.2. The zero-order chi connectivity index (χ0) is 14.4. The van der Waals surface area contributed by atoms with E-state index in [0.717, 1.165) is 12.0 Å². The van der Waals surface area contributed by atoms with Crippen molar-refractivity contribution in [3.63, 3.8) is 0 Å². The lowest BCUT2D eigenvalue weighted by atomic mass is 9.99. The molecule has 1 aromatic rings. The molecular weight excluding hydrogens is 260 g/mol. The van der Waals surface area contributed by atoms with Gasteiger partial charge < -0.3 is 11.1 Å². The standard InChI is InChI=1S/C14H22N2O2S/c1-4-10(2)13(15)14(17)16-12-7-5-6-11(8-12)9-19(3)18/h5-8,10,13H,4,9,15H2,1-3H3,(H,16,17). The van der Waals surface area contributed by atoms with Gasteiger partial charge in [0.2, 0.25) is 5.91 Å². The summed E-state index contributed by atoms with van der Waals surface area (Å²) >= 11 is 0. The van der Waals surface area contributed by atoms with Crippen molar-refractivity contribution < 1.29 is 9.00 Å². The van der Waals surface area contributed by atoms with Crippen LogP contribution in [0.5, 0.6) is 0 Å². The van der Waals surface area contributed by atoms with Gasteiger partial charge in [-0.25, -0.2) is 0 Å². The van der Waals surface area contributed by atoms with Crippen LogP contribution in [-0.2, 0) is 21.3 Å². The third kappa shape index (κ3) is 5.12. The average molecular weight is 282 g/mol. The van der Waals surface area contributed by atoms with Crippen LogP contribution in [0.4, 0.5) is 5.69 Å². The minimum absolute atomic E-state index is 0.145. The van der Waals surface area contributed by atoms with Gasteiger partial charge in [0.1, 0.15) is 0 Å². The third-order valence-electron chi connectivity index (χ3n) is 3.12. The molecule has 0 spiro atoms. The van der Waals surface area contributed by atoms with Crippen LogP contribution in [0.2, 0.25) is 0 Å². The number of hydrogen-bond acceptors (Lipinski definition) is 3. The van der Waals surface area contributed by atoms with Crippen LogP contribution in [0, 0.1) is 5.92 Å². The molecule has 0 aromatic heterocycles. The minimum Gasteiger partial charge on any atom is -0.325 e. The van der Waals surface area contributed by atoms with E-state index in [1.807, 2.05) is 38.1 Å². The highest BCUT2D eigenvalue weighted by atomic mass is 32.2. The largest absolute Gasteiger partial charge is 0.325 e. The van der Waals surface area contributed by atoms with Crippen LogP contribution >= 0.6 is 0 Å². The Morgan fingerprint density at radius 2 is 2.16 bits per heavy atom. The Labute approximate surface area is 117 Å². The first-order chi connectivity index (χ1) is 8.93. The lowest BCUT2D eigenvalue weighted by Gasteiger charge is -2.17. The zero-order valence-corrected chi connectivity index (χ0v) is 12.5. The van der Waals surface area contributed by atoms with Crippen LogP contribution in [0.3, 0.4) is 0 Å². The van der Waals surface area contributed by atoms with E-state index >= 15 is 0 Å². The maximum absolute atomic E-state index is 12.0. The Balaban J connectivity index is 2.71. The normalized spacial score (nSPS) is 15.6. The fourth-order valence-electron chi connectivity index (χ4n) is 1.71. The summed E-state index contributed by atoms with van der Waals surface area (Å²) in [6, 6.07) is 6.87. The molecule has 0 saturated carbocycles. The summed E-state index contributed by atoms with van der Waals surface area (Å²) in [6.45, 7) is 3.97. The van der Waals surface area contributed by atoms with E-state index < -0.39 is 16.8 Å². The molecule has 0 heterocycles. The molecule has 0 bridgehead atoms. The van der Waals surface area contributed by atoms with Crippen molar-refractivity contribution in [2.75, 3.05) is 11.6 Å². The van der Waals surface area contributed by atoms with Gasteiger partial charge in [-0.3, -0.25) is 9.00 Å². The molecule has 4 nitrogen and oxygen atoms in total. The molecule has 1 aromatic carbocycles. The summed E-state index contributed by atoms with van der Waals surface area (Å²) in [4.78, 5) is 12.0. The quantitative estimate of drug-likeness (QED) is 0.836. The van der Waals surface area contributed by atoms with Crippen molar-refractivity contribution in [1.29, 1.82) is 0 Å². The van der Waals surface area contributed by atoms with E-state index in [1.54, 1.807) is 6.26 Å². The first kappa shape index (κ1) is 15.9. The van der Waals surface area contributed by atoms with Gasteiger partial charge in [-0.1, -0.05) is 32.4 Å². The second kappa shape index (κ2) is 7.40. The van der Waals surface area contributed by atoms with Crippen LogP contribution in [0.25, 0.3) is 0 Å². The molecule has 106 valence electrons. The van der Waals surface area contributed by atoms with E-state index in [-0.39, 0.29) is 11.8 Å². The van der Waals surface area contributed by atoms with Gasteiger partial charge in [0.15, 0.2) is 0 Å². The highest BCUT2D eigenvalue weighted by molar-refractivity contribution is 7.83. The molecular formula is C14H22N2O2S. The van der Waals surface area contributed by atoms with Gasteiger partial charge in [-0.15, -0.1) is 0 Å². The lowest BCUT2D eigenvalue weighted by molar-refractivity contribution is -0.118. The molecule has 5 heteroatoms. The second-order valence-corrected chi connectivity index (χ2v) is 6.25. The first-order valence-corrected chi connectivity index (χ1v) is 8.12.